The number of aliphatic hydroxyl groups excluding tert-OH is 2. The molecule has 0 bridgehead atoms. The Morgan fingerprint density at radius 1 is 1.36 bits per heavy atom. The molecule has 5 atom stereocenters. The Balaban J connectivity index is 1.56. The van der Waals surface area contributed by atoms with Gasteiger partial charge in [0.1, 0.15) is 18.5 Å². The van der Waals surface area contributed by atoms with Gasteiger partial charge in [-0.1, -0.05) is 12.2 Å². The molecular weight excluding hydrogens is 330 g/mol. The van der Waals surface area contributed by atoms with Crippen molar-refractivity contribution in [2.75, 3.05) is 13.2 Å². The Labute approximate surface area is 146 Å². The number of benzene rings is 1. The molecular formula is C19H23F2O4. The highest BCUT2D eigenvalue weighted by molar-refractivity contribution is 5.25. The van der Waals surface area contributed by atoms with Crippen molar-refractivity contribution in [3.63, 3.8) is 0 Å². The molecule has 4 nitrogen and oxygen atoms in total. The van der Waals surface area contributed by atoms with E-state index in [1.807, 2.05) is 0 Å². The average molecular weight is 353 g/mol. The Morgan fingerprint density at radius 3 is 3.04 bits per heavy atom. The molecule has 2 fully saturated rings. The van der Waals surface area contributed by atoms with E-state index in [0.29, 0.717) is 13.0 Å². The molecule has 1 heterocycles. The second-order valence-electron chi connectivity index (χ2n) is 6.62. The lowest BCUT2D eigenvalue weighted by atomic mass is 9.89. The molecule has 0 amide bonds. The first-order valence-corrected chi connectivity index (χ1v) is 8.60. The van der Waals surface area contributed by atoms with Crippen molar-refractivity contribution in [1.29, 1.82) is 0 Å². The van der Waals surface area contributed by atoms with Gasteiger partial charge in [-0.25, -0.2) is 8.78 Å². The summed E-state index contributed by atoms with van der Waals surface area (Å²) in [4.78, 5) is 0. The monoisotopic (exact) mass is 353 g/mol. The summed E-state index contributed by atoms with van der Waals surface area (Å²) in [5, 5.41) is 20.3. The van der Waals surface area contributed by atoms with Crippen LogP contribution in [0, 0.1) is 29.9 Å². The molecule has 1 aromatic carbocycles. The molecule has 1 saturated heterocycles. The summed E-state index contributed by atoms with van der Waals surface area (Å²) >= 11 is 0. The van der Waals surface area contributed by atoms with Crippen molar-refractivity contribution in [2.24, 2.45) is 11.8 Å². The minimum Gasteiger partial charge on any atom is -0.487 e. The van der Waals surface area contributed by atoms with Crippen LogP contribution in [0.1, 0.15) is 19.3 Å². The Bertz CT molecular complexity index is 607. The predicted octanol–water partition coefficient (Wildman–Crippen LogP) is 2.64. The number of hydrogen-bond acceptors (Lipinski definition) is 4. The van der Waals surface area contributed by atoms with Gasteiger partial charge >= 0.3 is 0 Å². The second kappa shape index (κ2) is 8.25. The number of rotatable bonds is 5. The lowest BCUT2D eigenvalue weighted by Crippen LogP contribution is -2.22. The van der Waals surface area contributed by atoms with E-state index in [-0.39, 0.29) is 30.3 Å². The standard InChI is InChI=1S/C19H23F2O4/c20-12-4-7-16(21)19(9-12)25-11-13(22)5-6-14-15-3-1-2-8-24-18(15)10-17(14)23/h2,4-7,9,13-15,17-18,22-23H,1,3,8,10-11H2/b6-5+/t13-,14-,15-,17-,18+/m1/s1. The maximum atomic E-state index is 13.5. The summed E-state index contributed by atoms with van der Waals surface area (Å²) in [7, 11) is 0. The largest absolute Gasteiger partial charge is 0.487 e. The van der Waals surface area contributed by atoms with E-state index in [2.05, 4.69) is 6.42 Å². The molecule has 25 heavy (non-hydrogen) atoms. The summed E-state index contributed by atoms with van der Waals surface area (Å²) in [6.07, 6.45) is 6.47. The van der Waals surface area contributed by atoms with Gasteiger partial charge in [-0.15, -0.1) is 0 Å². The van der Waals surface area contributed by atoms with E-state index >= 15 is 0 Å². The molecule has 0 spiro atoms. The maximum Gasteiger partial charge on any atom is 0.165 e. The summed E-state index contributed by atoms with van der Waals surface area (Å²) < 4.78 is 37.5. The van der Waals surface area contributed by atoms with Gasteiger partial charge in [-0.3, -0.25) is 0 Å². The van der Waals surface area contributed by atoms with Crippen LogP contribution in [0.25, 0.3) is 0 Å². The van der Waals surface area contributed by atoms with Crippen LogP contribution in [0.5, 0.6) is 5.75 Å². The topological polar surface area (TPSA) is 58.9 Å². The highest BCUT2D eigenvalue weighted by atomic mass is 19.1. The summed E-state index contributed by atoms with van der Waals surface area (Å²) in [6.45, 7) is 0.415. The third-order valence-electron chi connectivity index (χ3n) is 4.88. The minimum absolute atomic E-state index is 0.0400. The van der Waals surface area contributed by atoms with E-state index in [9.17, 15) is 19.0 Å². The molecule has 0 unspecified atom stereocenters. The van der Waals surface area contributed by atoms with E-state index in [1.165, 1.54) is 0 Å². The van der Waals surface area contributed by atoms with Crippen molar-refractivity contribution in [2.45, 2.75) is 37.6 Å². The highest BCUT2D eigenvalue weighted by Gasteiger charge is 2.42. The summed E-state index contributed by atoms with van der Waals surface area (Å²) in [5.74, 6) is -1.39. The van der Waals surface area contributed by atoms with Crippen LogP contribution in [0.4, 0.5) is 8.78 Å². The molecule has 2 aliphatic rings. The van der Waals surface area contributed by atoms with Crippen molar-refractivity contribution in [1.82, 2.24) is 0 Å². The summed E-state index contributed by atoms with van der Waals surface area (Å²) in [6, 6.07) is 2.92. The first-order chi connectivity index (χ1) is 12.0. The van der Waals surface area contributed by atoms with Gasteiger partial charge in [0.25, 0.3) is 0 Å². The van der Waals surface area contributed by atoms with E-state index < -0.39 is 23.8 Å². The van der Waals surface area contributed by atoms with Gasteiger partial charge < -0.3 is 19.7 Å². The van der Waals surface area contributed by atoms with Crippen LogP contribution in [-0.2, 0) is 4.74 Å². The van der Waals surface area contributed by atoms with Crippen molar-refractivity contribution in [3.05, 3.63) is 48.4 Å². The fraction of sp³-hybridized carbons (Fsp3) is 0.526. The molecule has 0 aromatic heterocycles. The van der Waals surface area contributed by atoms with E-state index in [0.717, 1.165) is 31.0 Å². The third-order valence-corrected chi connectivity index (χ3v) is 4.88. The van der Waals surface area contributed by atoms with Crippen LogP contribution < -0.4 is 4.74 Å². The van der Waals surface area contributed by atoms with Crippen LogP contribution >= 0.6 is 0 Å². The molecule has 6 heteroatoms. The number of halogens is 2. The van der Waals surface area contributed by atoms with Crippen LogP contribution in [0.15, 0.2) is 30.4 Å². The summed E-state index contributed by atoms with van der Waals surface area (Å²) in [5.41, 5.74) is 0. The van der Waals surface area contributed by atoms with Crippen LogP contribution in [-0.4, -0.2) is 41.7 Å². The van der Waals surface area contributed by atoms with Gasteiger partial charge in [0.15, 0.2) is 11.6 Å². The Kier molecular flexibility index (Phi) is 6.04. The highest BCUT2D eigenvalue weighted by Crippen LogP contribution is 2.40. The first kappa shape index (κ1) is 18.3. The van der Waals surface area contributed by atoms with E-state index in [1.54, 1.807) is 12.2 Å². The molecule has 137 valence electrons. The molecule has 2 N–H and O–H groups in total. The average Bonchev–Trinajstić information content (AvgIpc) is 2.73. The fourth-order valence-corrected chi connectivity index (χ4v) is 3.60. The lowest BCUT2D eigenvalue weighted by molar-refractivity contribution is 0.0428. The smallest absolute Gasteiger partial charge is 0.165 e. The molecule has 1 saturated carbocycles. The molecule has 1 aliphatic carbocycles. The van der Waals surface area contributed by atoms with Crippen LogP contribution in [0.3, 0.4) is 0 Å². The quantitative estimate of drug-likeness (QED) is 0.799. The van der Waals surface area contributed by atoms with Crippen molar-refractivity contribution >= 4 is 0 Å². The normalized spacial score (nSPS) is 30.9. The lowest BCUT2D eigenvalue weighted by Gasteiger charge is -2.21. The van der Waals surface area contributed by atoms with E-state index in [4.69, 9.17) is 9.47 Å². The Morgan fingerprint density at radius 2 is 2.20 bits per heavy atom. The van der Waals surface area contributed by atoms with Crippen molar-refractivity contribution < 1.29 is 28.5 Å². The van der Waals surface area contributed by atoms with Gasteiger partial charge in [-0.2, -0.15) is 0 Å². The van der Waals surface area contributed by atoms with Crippen molar-refractivity contribution in [3.8, 4) is 5.75 Å². The minimum atomic E-state index is -0.979. The van der Waals surface area contributed by atoms with Gasteiger partial charge in [0, 0.05) is 18.4 Å². The van der Waals surface area contributed by atoms with Gasteiger partial charge in [0.2, 0.25) is 0 Å². The number of hydrogen-bond donors (Lipinski definition) is 2. The Hall–Kier alpha value is -1.50. The zero-order chi connectivity index (χ0) is 17.8. The number of aliphatic hydroxyl groups is 2. The van der Waals surface area contributed by atoms with Gasteiger partial charge in [-0.05, 0) is 37.3 Å². The van der Waals surface area contributed by atoms with Gasteiger partial charge in [0.05, 0.1) is 18.8 Å². The molecule has 1 radical (unpaired) electrons. The molecule has 1 aliphatic heterocycles. The molecule has 1 aromatic rings. The maximum absolute atomic E-state index is 13.5. The fourth-order valence-electron chi connectivity index (χ4n) is 3.60. The number of ether oxygens (including phenoxy) is 2. The number of fused-ring (bicyclic) bond motifs is 1. The predicted molar refractivity (Wildman–Crippen MR) is 87.9 cm³/mol. The molecule has 3 rings (SSSR count). The zero-order valence-corrected chi connectivity index (χ0v) is 13.9. The second-order valence-corrected chi connectivity index (χ2v) is 6.62. The van der Waals surface area contributed by atoms with Crippen LogP contribution in [0.2, 0.25) is 0 Å². The third kappa shape index (κ3) is 4.57. The SMILES string of the molecule is O[C@H](/C=C/[C@@H]1[C@H]2CC[CH]CO[C@H]2C[C@H]1O)COc1cc(F)ccc1F. The first-order valence-electron chi connectivity index (χ1n) is 8.60. The zero-order valence-electron chi connectivity index (χ0n) is 13.9.